The molecule has 86 valence electrons. The summed E-state index contributed by atoms with van der Waals surface area (Å²) in [4.78, 5) is 12.0. The van der Waals surface area contributed by atoms with Gasteiger partial charge in [0, 0.05) is 18.6 Å². The van der Waals surface area contributed by atoms with Crippen LogP contribution in [0.2, 0.25) is 0 Å². The summed E-state index contributed by atoms with van der Waals surface area (Å²) in [6, 6.07) is 5.59. The number of benzene rings is 1. The third-order valence-corrected chi connectivity index (χ3v) is 2.76. The van der Waals surface area contributed by atoms with E-state index in [1.165, 1.54) is 0 Å². The molecule has 0 aliphatic carbocycles. The van der Waals surface area contributed by atoms with Crippen molar-refractivity contribution in [2.45, 2.75) is 26.4 Å². The molecule has 3 heteroatoms. The Hall–Kier alpha value is -1.35. The predicted octanol–water partition coefficient (Wildman–Crippen LogP) is 2.23. The summed E-state index contributed by atoms with van der Waals surface area (Å²) < 4.78 is 10.7. The average molecular weight is 220 g/mol. The Balaban J connectivity index is 2.18. The Bertz CT molecular complexity index is 398. The van der Waals surface area contributed by atoms with Gasteiger partial charge in [-0.05, 0) is 37.6 Å². The predicted molar refractivity (Wildman–Crippen MR) is 61.1 cm³/mol. The van der Waals surface area contributed by atoms with Crippen LogP contribution in [0.4, 0.5) is 0 Å². The molecular weight excluding hydrogens is 204 g/mol. The normalized spacial score (nSPS) is 15.4. The van der Waals surface area contributed by atoms with Crippen molar-refractivity contribution in [3.63, 3.8) is 0 Å². The lowest BCUT2D eigenvalue weighted by molar-refractivity contribution is 0.0520. The van der Waals surface area contributed by atoms with Gasteiger partial charge in [-0.1, -0.05) is 0 Å². The minimum Gasteiger partial charge on any atom is -0.493 e. The van der Waals surface area contributed by atoms with E-state index in [-0.39, 0.29) is 11.9 Å². The number of fused-ring (bicyclic) bond motifs is 1. The minimum absolute atomic E-state index is 0.0385. The maximum atomic E-state index is 12.0. The molecule has 3 nitrogen and oxygen atoms in total. The van der Waals surface area contributed by atoms with Crippen molar-refractivity contribution in [3.05, 3.63) is 29.3 Å². The van der Waals surface area contributed by atoms with Gasteiger partial charge in [-0.25, -0.2) is 0 Å². The van der Waals surface area contributed by atoms with E-state index in [0.717, 1.165) is 17.7 Å². The van der Waals surface area contributed by atoms with E-state index >= 15 is 0 Å². The first-order valence-corrected chi connectivity index (χ1v) is 5.64. The van der Waals surface area contributed by atoms with Crippen LogP contribution in [0.25, 0.3) is 0 Å². The first-order valence-electron chi connectivity index (χ1n) is 5.64. The van der Waals surface area contributed by atoms with Gasteiger partial charge < -0.3 is 9.47 Å². The Morgan fingerprint density at radius 1 is 1.56 bits per heavy atom. The quantitative estimate of drug-likeness (QED) is 0.730. The second kappa shape index (κ2) is 4.66. The molecule has 1 aliphatic rings. The summed E-state index contributed by atoms with van der Waals surface area (Å²) in [6.07, 6.45) is 0.518. The highest BCUT2D eigenvalue weighted by molar-refractivity contribution is 5.99. The molecule has 0 amide bonds. The fraction of sp³-hybridized carbons (Fsp3) is 0.462. The molecule has 1 heterocycles. The summed E-state index contributed by atoms with van der Waals surface area (Å²) in [7, 11) is 0. The maximum absolute atomic E-state index is 12.0. The molecule has 0 N–H and O–H groups in total. The molecule has 1 aliphatic heterocycles. The molecule has 1 unspecified atom stereocenters. The Labute approximate surface area is 95.4 Å². The van der Waals surface area contributed by atoms with Crippen molar-refractivity contribution in [2.24, 2.45) is 0 Å². The van der Waals surface area contributed by atoms with E-state index in [1.54, 1.807) is 6.92 Å². The van der Waals surface area contributed by atoms with Crippen molar-refractivity contribution >= 4 is 5.78 Å². The fourth-order valence-electron chi connectivity index (χ4n) is 1.90. The highest BCUT2D eigenvalue weighted by atomic mass is 16.5. The fourth-order valence-corrected chi connectivity index (χ4v) is 1.90. The Kier molecular flexibility index (Phi) is 3.25. The lowest BCUT2D eigenvalue weighted by Crippen LogP contribution is -2.20. The SMILES string of the molecule is CCOC(C)C(=O)c1ccc2c(c1)CCO2. The zero-order valence-corrected chi connectivity index (χ0v) is 9.66. The average Bonchev–Trinajstić information content (AvgIpc) is 2.75. The number of Topliss-reactive ketones (excluding diaryl/α,β-unsaturated/α-hetero) is 1. The summed E-state index contributed by atoms with van der Waals surface area (Å²) in [5.41, 5.74) is 1.83. The van der Waals surface area contributed by atoms with E-state index in [0.29, 0.717) is 18.8 Å². The van der Waals surface area contributed by atoms with Crippen molar-refractivity contribution in [3.8, 4) is 5.75 Å². The van der Waals surface area contributed by atoms with E-state index in [2.05, 4.69) is 0 Å². The highest BCUT2D eigenvalue weighted by Gasteiger charge is 2.18. The van der Waals surface area contributed by atoms with Crippen LogP contribution in [0, 0.1) is 0 Å². The monoisotopic (exact) mass is 220 g/mol. The third kappa shape index (κ3) is 2.09. The van der Waals surface area contributed by atoms with Gasteiger partial charge in [-0.15, -0.1) is 0 Å². The largest absolute Gasteiger partial charge is 0.493 e. The molecule has 1 atom stereocenters. The summed E-state index contributed by atoms with van der Waals surface area (Å²) in [6.45, 7) is 4.95. The molecule has 0 saturated carbocycles. The van der Waals surface area contributed by atoms with Crippen molar-refractivity contribution in [2.75, 3.05) is 13.2 Å². The first-order chi connectivity index (χ1) is 7.72. The zero-order valence-electron chi connectivity index (χ0n) is 9.66. The molecule has 0 saturated heterocycles. The molecule has 1 aromatic rings. The number of hydrogen-bond donors (Lipinski definition) is 0. The van der Waals surface area contributed by atoms with Crippen molar-refractivity contribution in [1.82, 2.24) is 0 Å². The lowest BCUT2D eigenvalue weighted by Gasteiger charge is -2.10. The van der Waals surface area contributed by atoms with Gasteiger partial charge in [-0.2, -0.15) is 0 Å². The van der Waals surface area contributed by atoms with Gasteiger partial charge in [0.25, 0.3) is 0 Å². The van der Waals surface area contributed by atoms with Crippen LogP contribution >= 0.6 is 0 Å². The van der Waals surface area contributed by atoms with Gasteiger partial charge >= 0.3 is 0 Å². The van der Waals surface area contributed by atoms with Crippen LogP contribution in [0.5, 0.6) is 5.75 Å². The molecule has 1 aromatic carbocycles. The number of hydrogen-bond acceptors (Lipinski definition) is 3. The second-order valence-electron chi connectivity index (χ2n) is 3.88. The summed E-state index contributed by atoms with van der Waals surface area (Å²) in [5.74, 6) is 0.942. The number of carbonyl (C=O) groups is 1. The molecule has 0 spiro atoms. The van der Waals surface area contributed by atoms with Crippen LogP contribution in [0.1, 0.15) is 29.8 Å². The van der Waals surface area contributed by atoms with Gasteiger partial charge in [0.15, 0.2) is 5.78 Å². The molecule has 0 bridgehead atoms. The van der Waals surface area contributed by atoms with Crippen LogP contribution < -0.4 is 4.74 Å². The van der Waals surface area contributed by atoms with Crippen LogP contribution in [0.15, 0.2) is 18.2 Å². The topological polar surface area (TPSA) is 35.5 Å². The third-order valence-electron chi connectivity index (χ3n) is 2.76. The summed E-state index contributed by atoms with van der Waals surface area (Å²) >= 11 is 0. The highest BCUT2D eigenvalue weighted by Crippen LogP contribution is 2.26. The molecular formula is C13H16O3. The van der Waals surface area contributed by atoms with E-state index < -0.39 is 0 Å². The van der Waals surface area contributed by atoms with E-state index in [9.17, 15) is 4.79 Å². The Morgan fingerprint density at radius 2 is 2.38 bits per heavy atom. The van der Waals surface area contributed by atoms with Crippen molar-refractivity contribution < 1.29 is 14.3 Å². The van der Waals surface area contributed by atoms with Gasteiger partial charge in [-0.3, -0.25) is 4.79 Å². The number of ketones is 1. The molecule has 0 radical (unpaired) electrons. The maximum Gasteiger partial charge on any atom is 0.191 e. The smallest absolute Gasteiger partial charge is 0.191 e. The van der Waals surface area contributed by atoms with Crippen LogP contribution in [0.3, 0.4) is 0 Å². The number of ether oxygens (including phenoxy) is 2. The van der Waals surface area contributed by atoms with Crippen LogP contribution in [-0.2, 0) is 11.2 Å². The van der Waals surface area contributed by atoms with E-state index in [1.807, 2.05) is 25.1 Å². The van der Waals surface area contributed by atoms with Gasteiger partial charge in [0.05, 0.1) is 6.61 Å². The van der Waals surface area contributed by atoms with Crippen LogP contribution in [-0.4, -0.2) is 25.1 Å². The zero-order chi connectivity index (χ0) is 11.5. The van der Waals surface area contributed by atoms with Gasteiger partial charge in [0.1, 0.15) is 11.9 Å². The Morgan fingerprint density at radius 3 is 3.12 bits per heavy atom. The lowest BCUT2D eigenvalue weighted by atomic mass is 10.0. The summed E-state index contributed by atoms with van der Waals surface area (Å²) in [5, 5.41) is 0. The molecule has 0 fully saturated rings. The molecule has 2 rings (SSSR count). The minimum atomic E-state index is -0.370. The van der Waals surface area contributed by atoms with E-state index in [4.69, 9.17) is 9.47 Å². The molecule has 0 aromatic heterocycles. The standard InChI is InChI=1S/C13H16O3/c1-3-15-9(2)13(14)11-4-5-12-10(8-11)6-7-16-12/h4-5,8-9H,3,6-7H2,1-2H3. The van der Waals surface area contributed by atoms with Gasteiger partial charge in [0.2, 0.25) is 0 Å². The van der Waals surface area contributed by atoms with Crippen molar-refractivity contribution in [1.29, 1.82) is 0 Å². The number of rotatable bonds is 4. The second-order valence-corrected chi connectivity index (χ2v) is 3.88. The first kappa shape index (κ1) is 11.1. The number of carbonyl (C=O) groups excluding carboxylic acids is 1. The molecule has 16 heavy (non-hydrogen) atoms.